The van der Waals surface area contributed by atoms with E-state index in [2.05, 4.69) is 10.5 Å². The quantitative estimate of drug-likeness (QED) is 0.272. The summed E-state index contributed by atoms with van der Waals surface area (Å²) in [6.07, 6.45) is -2.74. The van der Waals surface area contributed by atoms with Gasteiger partial charge in [0, 0.05) is 5.56 Å². The van der Waals surface area contributed by atoms with Crippen molar-refractivity contribution in [2.24, 2.45) is 5.10 Å². The summed E-state index contributed by atoms with van der Waals surface area (Å²) in [5.41, 5.74) is 4.37. The van der Waals surface area contributed by atoms with E-state index in [4.69, 9.17) is 4.74 Å². The number of fused-ring (bicyclic) bond motifs is 1. The monoisotopic (exact) mass is 420 g/mol. The average Bonchev–Trinajstić information content (AvgIpc) is 2.79. The van der Waals surface area contributed by atoms with Crippen LogP contribution in [-0.2, 0) is 12.8 Å². The number of nitrogens with zero attached hydrogens (tertiary/aromatic N) is 1. The third kappa shape index (κ3) is 5.04. The minimum atomic E-state index is -4.37. The Labute approximate surface area is 177 Å². The van der Waals surface area contributed by atoms with E-state index in [1.807, 2.05) is 66.7 Å². The van der Waals surface area contributed by atoms with Crippen LogP contribution in [0.5, 0.6) is 5.75 Å². The van der Waals surface area contributed by atoms with Gasteiger partial charge in [-0.3, -0.25) is 5.43 Å². The molecule has 0 atom stereocenters. The molecular weight excluding hydrogens is 401 g/mol. The van der Waals surface area contributed by atoms with Gasteiger partial charge >= 0.3 is 6.18 Å². The maximum absolute atomic E-state index is 12.7. The van der Waals surface area contributed by atoms with Gasteiger partial charge in [0.25, 0.3) is 0 Å². The number of hydrazone groups is 1. The van der Waals surface area contributed by atoms with Crippen LogP contribution in [0.15, 0.2) is 96.1 Å². The van der Waals surface area contributed by atoms with Crippen LogP contribution in [0.3, 0.4) is 0 Å². The fourth-order valence-electron chi connectivity index (χ4n) is 3.18. The van der Waals surface area contributed by atoms with E-state index in [1.54, 1.807) is 6.21 Å². The van der Waals surface area contributed by atoms with Crippen LogP contribution in [0.25, 0.3) is 10.8 Å². The molecule has 0 saturated heterocycles. The van der Waals surface area contributed by atoms with Gasteiger partial charge in [0.1, 0.15) is 12.4 Å². The normalized spacial score (nSPS) is 11.7. The minimum absolute atomic E-state index is 0.409. The smallest absolute Gasteiger partial charge is 0.416 e. The van der Waals surface area contributed by atoms with Crippen molar-refractivity contribution >= 4 is 22.7 Å². The topological polar surface area (TPSA) is 33.6 Å². The van der Waals surface area contributed by atoms with Crippen LogP contribution >= 0.6 is 0 Å². The molecule has 0 amide bonds. The lowest BCUT2D eigenvalue weighted by atomic mass is 10.0. The molecule has 0 aliphatic heterocycles. The van der Waals surface area contributed by atoms with Crippen LogP contribution in [0.2, 0.25) is 0 Å². The number of alkyl halides is 3. The number of rotatable bonds is 6. The van der Waals surface area contributed by atoms with E-state index in [0.29, 0.717) is 18.0 Å². The lowest BCUT2D eigenvalue weighted by molar-refractivity contribution is -0.137. The van der Waals surface area contributed by atoms with Crippen molar-refractivity contribution in [2.75, 3.05) is 5.43 Å². The molecule has 0 spiro atoms. The van der Waals surface area contributed by atoms with Gasteiger partial charge in [0.05, 0.1) is 17.5 Å². The molecule has 156 valence electrons. The summed E-state index contributed by atoms with van der Waals surface area (Å²) in [4.78, 5) is 0. The van der Waals surface area contributed by atoms with Crippen LogP contribution in [-0.4, -0.2) is 6.21 Å². The maximum Gasteiger partial charge on any atom is 0.416 e. The highest BCUT2D eigenvalue weighted by atomic mass is 19.4. The Kier molecular flexibility index (Phi) is 5.89. The first kappa shape index (κ1) is 20.5. The van der Waals surface area contributed by atoms with Gasteiger partial charge in [-0.25, -0.2) is 0 Å². The molecule has 0 aliphatic rings. The first-order valence-corrected chi connectivity index (χ1v) is 9.65. The van der Waals surface area contributed by atoms with Crippen LogP contribution < -0.4 is 10.2 Å². The van der Waals surface area contributed by atoms with Gasteiger partial charge in [-0.2, -0.15) is 18.3 Å². The van der Waals surface area contributed by atoms with Crippen LogP contribution in [0.1, 0.15) is 16.7 Å². The number of halogens is 3. The Hall–Kier alpha value is -3.80. The lowest BCUT2D eigenvalue weighted by Gasteiger charge is -2.12. The van der Waals surface area contributed by atoms with Crippen LogP contribution in [0, 0.1) is 0 Å². The zero-order chi connectivity index (χ0) is 21.7. The van der Waals surface area contributed by atoms with Crippen LogP contribution in [0.4, 0.5) is 18.9 Å². The van der Waals surface area contributed by atoms with Gasteiger partial charge in [0.2, 0.25) is 0 Å². The Morgan fingerprint density at radius 3 is 2.26 bits per heavy atom. The second-order valence-corrected chi connectivity index (χ2v) is 6.92. The molecule has 3 nitrogen and oxygen atoms in total. The summed E-state index contributed by atoms with van der Waals surface area (Å²) >= 11 is 0. The fraction of sp³-hybridized carbons (Fsp3) is 0.0800. The van der Waals surface area contributed by atoms with E-state index in [0.717, 1.165) is 34.0 Å². The highest BCUT2D eigenvalue weighted by Gasteiger charge is 2.29. The molecule has 0 radical (unpaired) electrons. The molecule has 0 saturated carbocycles. The number of hydrogen-bond acceptors (Lipinski definition) is 3. The van der Waals surface area contributed by atoms with Crippen molar-refractivity contribution in [3.8, 4) is 5.75 Å². The Morgan fingerprint density at radius 1 is 0.806 bits per heavy atom. The largest absolute Gasteiger partial charge is 0.488 e. The highest BCUT2D eigenvalue weighted by molar-refractivity contribution is 6.02. The van der Waals surface area contributed by atoms with E-state index in [1.165, 1.54) is 12.1 Å². The van der Waals surface area contributed by atoms with Gasteiger partial charge in [-0.1, -0.05) is 60.7 Å². The van der Waals surface area contributed by atoms with Crippen molar-refractivity contribution in [2.45, 2.75) is 12.8 Å². The fourth-order valence-corrected chi connectivity index (χ4v) is 3.18. The molecule has 6 heteroatoms. The molecule has 0 aliphatic carbocycles. The Morgan fingerprint density at radius 2 is 1.52 bits per heavy atom. The number of anilines is 1. The molecule has 0 unspecified atom stereocenters. The molecule has 4 aromatic rings. The molecule has 0 bridgehead atoms. The number of benzene rings is 4. The van der Waals surface area contributed by atoms with E-state index in [-0.39, 0.29) is 0 Å². The molecule has 1 N–H and O–H groups in total. The zero-order valence-corrected chi connectivity index (χ0v) is 16.4. The van der Waals surface area contributed by atoms with E-state index in [9.17, 15) is 13.2 Å². The van der Waals surface area contributed by atoms with E-state index < -0.39 is 11.7 Å². The third-order valence-corrected chi connectivity index (χ3v) is 4.77. The minimum Gasteiger partial charge on any atom is -0.488 e. The number of hydrogen-bond donors (Lipinski definition) is 1. The van der Waals surface area contributed by atoms with E-state index >= 15 is 0 Å². The number of nitrogens with one attached hydrogen (secondary N) is 1. The Bertz CT molecular complexity index is 1190. The molecule has 0 fully saturated rings. The lowest BCUT2D eigenvalue weighted by Crippen LogP contribution is -2.04. The number of ether oxygens (including phenoxy) is 1. The molecular formula is C25H19F3N2O. The van der Waals surface area contributed by atoms with Gasteiger partial charge in [0.15, 0.2) is 0 Å². The standard InChI is InChI=1S/C25H19F3N2O/c26-25(27,28)20-11-13-21(14-12-20)30-29-16-23-22-9-5-4-8-19(22)10-15-24(23)31-17-18-6-2-1-3-7-18/h1-16,30H,17H2. The molecule has 4 aromatic carbocycles. The predicted molar refractivity (Wildman–Crippen MR) is 117 cm³/mol. The zero-order valence-electron chi connectivity index (χ0n) is 16.4. The third-order valence-electron chi connectivity index (χ3n) is 4.77. The summed E-state index contributed by atoms with van der Waals surface area (Å²) in [6, 6.07) is 26.3. The van der Waals surface area contributed by atoms with Crippen molar-refractivity contribution in [3.05, 3.63) is 108 Å². The SMILES string of the molecule is FC(F)(F)c1ccc(NN=Cc2c(OCc3ccccc3)ccc3ccccc23)cc1. The first-order chi connectivity index (χ1) is 15.0. The summed E-state index contributed by atoms with van der Waals surface area (Å²) in [5, 5.41) is 6.23. The molecule has 31 heavy (non-hydrogen) atoms. The average molecular weight is 420 g/mol. The van der Waals surface area contributed by atoms with Gasteiger partial charge < -0.3 is 4.74 Å². The predicted octanol–water partition coefficient (Wildman–Crippen LogP) is 6.88. The second-order valence-electron chi connectivity index (χ2n) is 6.92. The molecule has 0 aromatic heterocycles. The summed E-state index contributed by atoms with van der Waals surface area (Å²) in [6.45, 7) is 0.409. The maximum atomic E-state index is 12.7. The second kappa shape index (κ2) is 8.92. The van der Waals surface area contributed by atoms with Crippen molar-refractivity contribution in [1.29, 1.82) is 0 Å². The first-order valence-electron chi connectivity index (χ1n) is 9.65. The van der Waals surface area contributed by atoms with Gasteiger partial charge in [-0.05, 0) is 46.7 Å². The Balaban J connectivity index is 1.57. The molecule has 4 rings (SSSR count). The summed E-state index contributed by atoms with van der Waals surface area (Å²) in [5.74, 6) is 0.667. The van der Waals surface area contributed by atoms with Crippen molar-refractivity contribution in [1.82, 2.24) is 0 Å². The molecule has 0 heterocycles. The van der Waals surface area contributed by atoms with Crippen molar-refractivity contribution in [3.63, 3.8) is 0 Å². The summed E-state index contributed by atoms with van der Waals surface area (Å²) in [7, 11) is 0. The van der Waals surface area contributed by atoms with Crippen molar-refractivity contribution < 1.29 is 17.9 Å². The summed E-state index contributed by atoms with van der Waals surface area (Å²) < 4.78 is 44.2. The van der Waals surface area contributed by atoms with Gasteiger partial charge in [-0.15, -0.1) is 0 Å². The highest BCUT2D eigenvalue weighted by Crippen LogP contribution is 2.30.